The highest BCUT2D eigenvalue weighted by molar-refractivity contribution is 6.09. The lowest BCUT2D eigenvalue weighted by molar-refractivity contribution is -0.140. The number of aliphatic carboxylic acids is 3. The van der Waals surface area contributed by atoms with Crippen LogP contribution in [-0.4, -0.2) is 74.9 Å². The molecule has 0 amide bonds. The van der Waals surface area contributed by atoms with E-state index in [1.54, 1.807) is 13.8 Å². The summed E-state index contributed by atoms with van der Waals surface area (Å²) in [7, 11) is 0. The number of carboxylic acids is 4. The Labute approximate surface area is 241 Å². The zero-order valence-electron chi connectivity index (χ0n) is 22.5. The summed E-state index contributed by atoms with van der Waals surface area (Å²) in [6.07, 6.45) is 1.84. The van der Waals surface area contributed by atoms with Gasteiger partial charge in [0.25, 0.3) is 0 Å². The van der Waals surface area contributed by atoms with Crippen molar-refractivity contribution in [1.29, 1.82) is 0 Å². The second-order valence-electron chi connectivity index (χ2n) is 10.2. The third kappa shape index (κ3) is 5.66. The molecule has 0 aromatic heterocycles. The molecule has 43 heavy (non-hydrogen) atoms. The summed E-state index contributed by atoms with van der Waals surface area (Å²) in [5, 5.41) is 48.4. The highest BCUT2D eigenvalue weighted by Crippen LogP contribution is 2.52. The number of phenols is 1. The Hall–Kier alpha value is -5.53. The van der Waals surface area contributed by atoms with E-state index in [1.807, 2.05) is 0 Å². The molecule has 0 saturated carbocycles. The van der Waals surface area contributed by atoms with E-state index in [0.717, 1.165) is 41.3 Å². The van der Waals surface area contributed by atoms with E-state index in [9.17, 15) is 58.3 Å². The Bertz CT molecular complexity index is 1700. The van der Waals surface area contributed by atoms with E-state index in [4.69, 9.17) is 4.74 Å². The first kappa shape index (κ1) is 30.4. The van der Waals surface area contributed by atoms with Crippen LogP contribution in [0, 0.1) is 5.82 Å². The molecule has 0 bridgehead atoms. The molecule has 0 radical (unpaired) electrons. The topological polar surface area (TPSA) is 199 Å². The molecule has 2 aromatic carbocycles. The third-order valence-corrected chi connectivity index (χ3v) is 6.99. The van der Waals surface area contributed by atoms with Gasteiger partial charge >= 0.3 is 23.9 Å². The normalized spacial score (nSPS) is 15.1. The number of benzene rings is 2. The minimum atomic E-state index is -1.63. The van der Waals surface area contributed by atoms with Crippen molar-refractivity contribution in [1.82, 2.24) is 0 Å². The van der Waals surface area contributed by atoms with Gasteiger partial charge in [0.2, 0.25) is 5.78 Å². The van der Waals surface area contributed by atoms with Crippen LogP contribution in [0.25, 0.3) is 5.57 Å². The molecule has 0 spiro atoms. The van der Waals surface area contributed by atoms with Crippen molar-refractivity contribution in [3.63, 3.8) is 0 Å². The molecule has 2 aliphatic rings. The number of aromatic carboxylic acids is 1. The van der Waals surface area contributed by atoms with Gasteiger partial charge in [-0.15, -0.1) is 0 Å². The fourth-order valence-corrected chi connectivity index (χ4v) is 5.15. The number of fused-ring (bicyclic) bond motifs is 2. The summed E-state index contributed by atoms with van der Waals surface area (Å²) in [5.74, 6) is -10.6. The zero-order valence-corrected chi connectivity index (χ0v) is 22.5. The smallest absolute Gasteiger partial charge is 0.341 e. The molecule has 0 saturated heterocycles. The molecule has 0 fully saturated rings. The van der Waals surface area contributed by atoms with Crippen molar-refractivity contribution in [2.75, 3.05) is 24.6 Å². The van der Waals surface area contributed by atoms with Gasteiger partial charge in [0, 0.05) is 11.0 Å². The Kier molecular flexibility index (Phi) is 7.81. The van der Waals surface area contributed by atoms with Gasteiger partial charge in [0.05, 0.1) is 11.3 Å². The lowest BCUT2D eigenvalue weighted by Gasteiger charge is -2.39. The van der Waals surface area contributed by atoms with Gasteiger partial charge in [-0.05, 0) is 64.3 Å². The van der Waals surface area contributed by atoms with Crippen LogP contribution in [0.5, 0.6) is 11.5 Å². The molecule has 14 heteroatoms. The number of anilines is 1. The molecule has 0 heterocycles. The van der Waals surface area contributed by atoms with Crippen molar-refractivity contribution < 1.29 is 63.0 Å². The number of carboxylic acid groups (broad SMARTS) is 4. The lowest BCUT2D eigenvalue weighted by Crippen LogP contribution is -2.35. The molecule has 5 N–H and O–H groups in total. The summed E-state index contributed by atoms with van der Waals surface area (Å²) in [5.41, 5.74) is -2.17. The number of nitrogens with zero attached hydrogens (tertiary/aromatic N) is 1. The van der Waals surface area contributed by atoms with E-state index in [-0.39, 0.29) is 33.4 Å². The van der Waals surface area contributed by atoms with E-state index in [0.29, 0.717) is 0 Å². The van der Waals surface area contributed by atoms with Crippen molar-refractivity contribution >= 4 is 40.9 Å². The number of ketones is 1. The highest BCUT2D eigenvalue weighted by Gasteiger charge is 2.41. The maximum atomic E-state index is 14.8. The Morgan fingerprint density at radius 1 is 0.884 bits per heavy atom. The molecule has 2 aromatic rings. The van der Waals surface area contributed by atoms with Gasteiger partial charge in [-0.3, -0.25) is 14.4 Å². The number of halogens is 2. The monoisotopic (exact) mass is 599 g/mol. The molecule has 4 rings (SSSR count). The average Bonchev–Trinajstić information content (AvgIpc) is 2.89. The number of rotatable bonds is 10. The van der Waals surface area contributed by atoms with E-state index in [2.05, 4.69) is 0 Å². The molecular weight excluding hydrogens is 576 g/mol. The number of hydrogen-bond donors (Lipinski definition) is 5. The van der Waals surface area contributed by atoms with Crippen molar-refractivity contribution in [3.8, 4) is 11.5 Å². The van der Waals surface area contributed by atoms with Crippen LogP contribution in [0.3, 0.4) is 0 Å². The van der Waals surface area contributed by atoms with E-state index >= 15 is 0 Å². The first-order valence-corrected chi connectivity index (χ1v) is 12.4. The van der Waals surface area contributed by atoms with Crippen LogP contribution < -0.4 is 9.64 Å². The summed E-state index contributed by atoms with van der Waals surface area (Å²) in [6, 6.07) is 3.83. The standard InChI is InChI=1S/C29H23F2NO11/c1-29(2)16-7-21(33)18(30)3-14(16)27(15-4-19(31)22(34)8-17(15)29)12-6-23(43-11-26(39)40)20(5-13(12)28(41)42)32(9-24(35)36)10-25(37)38/h3-8,33H,9-11H2,1-2H3,(H,35,36)(H,37,38)(H,39,40)(H,41,42). The van der Waals surface area contributed by atoms with Gasteiger partial charge in [-0.25, -0.2) is 18.4 Å². The number of hydrogen-bond acceptors (Lipinski definition) is 8. The first-order valence-electron chi connectivity index (χ1n) is 12.4. The van der Waals surface area contributed by atoms with Crippen molar-refractivity contribution in [2.24, 2.45) is 0 Å². The number of aromatic hydroxyl groups is 1. The highest BCUT2D eigenvalue weighted by atomic mass is 19.1. The number of carbonyl (C=O) groups excluding carboxylic acids is 1. The summed E-state index contributed by atoms with van der Waals surface area (Å²) >= 11 is 0. The fourth-order valence-electron chi connectivity index (χ4n) is 5.15. The lowest BCUT2D eigenvalue weighted by atomic mass is 9.64. The van der Waals surface area contributed by atoms with Crippen LogP contribution in [0.1, 0.15) is 40.9 Å². The number of phenolic OH excluding ortho intramolecular Hbond substituents is 1. The predicted molar refractivity (Wildman–Crippen MR) is 143 cm³/mol. The van der Waals surface area contributed by atoms with Crippen molar-refractivity contribution in [3.05, 3.63) is 81.5 Å². The van der Waals surface area contributed by atoms with Gasteiger partial charge in [0.1, 0.15) is 18.8 Å². The van der Waals surface area contributed by atoms with Gasteiger partial charge < -0.3 is 35.2 Å². The zero-order chi connectivity index (χ0) is 32.0. The first-order chi connectivity index (χ1) is 20.0. The van der Waals surface area contributed by atoms with Crippen LogP contribution in [0.15, 0.2) is 53.4 Å². The quantitative estimate of drug-likeness (QED) is 0.268. The van der Waals surface area contributed by atoms with Gasteiger partial charge in [-0.2, -0.15) is 0 Å². The Morgan fingerprint density at radius 2 is 1.51 bits per heavy atom. The van der Waals surface area contributed by atoms with E-state index < -0.39 is 89.2 Å². The maximum absolute atomic E-state index is 14.8. The molecule has 12 nitrogen and oxygen atoms in total. The second kappa shape index (κ2) is 11.0. The molecule has 0 atom stereocenters. The summed E-state index contributed by atoms with van der Waals surface area (Å²) < 4.78 is 34.9. The van der Waals surface area contributed by atoms with Crippen LogP contribution in [0.4, 0.5) is 14.5 Å². The predicted octanol–water partition coefficient (Wildman–Crippen LogP) is 3.12. The number of ether oxygens (including phenoxy) is 1. The third-order valence-electron chi connectivity index (χ3n) is 6.99. The minimum Gasteiger partial charge on any atom is -0.505 e. The summed E-state index contributed by atoms with van der Waals surface area (Å²) in [6.45, 7) is 0.320. The molecular formula is C29H23F2NO11. The van der Waals surface area contributed by atoms with Crippen LogP contribution >= 0.6 is 0 Å². The number of allylic oxidation sites excluding steroid dienone is 5. The average molecular weight is 599 g/mol. The second-order valence-corrected chi connectivity index (χ2v) is 10.2. The largest absolute Gasteiger partial charge is 0.505 e. The van der Waals surface area contributed by atoms with Gasteiger partial charge in [-0.1, -0.05) is 13.8 Å². The van der Waals surface area contributed by atoms with Crippen LogP contribution in [-0.2, 0) is 24.6 Å². The summed E-state index contributed by atoms with van der Waals surface area (Å²) in [4.78, 5) is 60.1. The number of carbonyl (C=O) groups is 5. The molecule has 2 aliphatic carbocycles. The van der Waals surface area contributed by atoms with Gasteiger partial charge in [0.15, 0.2) is 24.0 Å². The van der Waals surface area contributed by atoms with Crippen molar-refractivity contribution in [2.45, 2.75) is 19.3 Å². The molecule has 0 aliphatic heterocycles. The Balaban J connectivity index is 2.16. The minimum absolute atomic E-state index is 0.00166. The maximum Gasteiger partial charge on any atom is 0.341 e. The van der Waals surface area contributed by atoms with Crippen LogP contribution in [0.2, 0.25) is 0 Å². The SMILES string of the molecule is CC1(C)C2=CC(=O)C(F)=CC2=C(c2cc(OCC(=O)O)c(N(CC(=O)O)CC(=O)O)cc2C(=O)O)c2cc(F)c(O)cc21. The van der Waals surface area contributed by atoms with E-state index in [1.165, 1.54) is 0 Å². The molecule has 224 valence electrons. The fraction of sp³-hybridized carbons (Fsp3) is 0.207. The Morgan fingerprint density at radius 3 is 2.07 bits per heavy atom. The molecule has 0 unspecified atom stereocenters.